The minimum atomic E-state index is 0.588. The summed E-state index contributed by atoms with van der Waals surface area (Å²) in [6.45, 7) is 0.588. The Labute approximate surface area is 131 Å². The summed E-state index contributed by atoms with van der Waals surface area (Å²) in [4.78, 5) is 0. The SMILES string of the molecule is Nc1ccc(OCc2ccccc2)cc1.Nc1ccccc1. The Balaban J connectivity index is 0.000000211. The van der Waals surface area contributed by atoms with Gasteiger partial charge in [0.1, 0.15) is 12.4 Å². The van der Waals surface area contributed by atoms with E-state index < -0.39 is 0 Å². The van der Waals surface area contributed by atoms with Gasteiger partial charge in [-0.2, -0.15) is 0 Å². The highest BCUT2D eigenvalue weighted by molar-refractivity contribution is 5.41. The topological polar surface area (TPSA) is 61.3 Å². The van der Waals surface area contributed by atoms with E-state index in [9.17, 15) is 0 Å². The maximum atomic E-state index is 5.59. The van der Waals surface area contributed by atoms with E-state index in [1.807, 2.05) is 84.9 Å². The molecular weight excluding hydrogens is 272 g/mol. The standard InChI is InChI=1S/C13H13NO.C6H7N/c14-12-6-8-13(9-7-12)15-10-11-4-2-1-3-5-11;7-6-4-2-1-3-5-6/h1-9H,10,14H2;1-5H,7H2. The van der Waals surface area contributed by atoms with Crippen molar-refractivity contribution in [1.82, 2.24) is 0 Å². The molecule has 0 aliphatic carbocycles. The maximum absolute atomic E-state index is 5.59. The molecular formula is C19H20N2O. The highest BCUT2D eigenvalue weighted by Gasteiger charge is 1.94. The van der Waals surface area contributed by atoms with Crippen LogP contribution in [0.1, 0.15) is 5.56 Å². The Morgan fingerprint density at radius 2 is 1.09 bits per heavy atom. The Bertz CT molecular complexity index is 652. The highest BCUT2D eigenvalue weighted by Crippen LogP contribution is 2.14. The molecule has 0 aliphatic heterocycles. The zero-order valence-corrected chi connectivity index (χ0v) is 12.4. The molecule has 22 heavy (non-hydrogen) atoms. The van der Waals surface area contributed by atoms with Gasteiger partial charge in [-0.1, -0.05) is 48.5 Å². The lowest BCUT2D eigenvalue weighted by Crippen LogP contribution is -1.95. The van der Waals surface area contributed by atoms with Crippen LogP contribution in [0.2, 0.25) is 0 Å². The van der Waals surface area contributed by atoms with Crippen LogP contribution in [-0.2, 0) is 6.61 Å². The van der Waals surface area contributed by atoms with Crippen LogP contribution in [0.5, 0.6) is 5.75 Å². The van der Waals surface area contributed by atoms with Crippen LogP contribution in [0.3, 0.4) is 0 Å². The molecule has 3 aromatic carbocycles. The number of ether oxygens (including phenoxy) is 1. The number of hydrogen-bond acceptors (Lipinski definition) is 3. The molecule has 0 fully saturated rings. The lowest BCUT2D eigenvalue weighted by Gasteiger charge is -2.05. The fourth-order valence-electron chi connectivity index (χ4n) is 1.76. The molecule has 3 aromatic rings. The van der Waals surface area contributed by atoms with Gasteiger partial charge < -0.3 is 16.2 Å². The average molecular weight is 292 g/mol. The molecule has 3 heteroatoms. The molecule has 3 rings (SSSR count). The lowest BCUT2D eigenvalue weighted by atomic mass is 10.2. The number of anilines is 2. The zero-order chi connectivity index (χ0) is 15.6. The van der Waals surface area contributed by atoms with Crippen molar-refractivity contribution in [2.75, 3.05) is 11.5 Å². The minimum absolute atomic E-state index is 0.588. The van der Waals surface area contributed by atoms with E-state index in [4.69, 9.17) is 16.2 Å². The third-order valence-electron chi connectivity index (χ3n) is 2.93. The molecule has 0 saturated carbocycles. The van der Waals surface area contributed by atoms with Crippen LogP contribution >= 0.6 is 0 Å². The third-order valence-corrected chi connectivity index (χ3v) is 2.93. The number of nitrogens with two attached hydrogens (primary N) is 2. The molecule has 0 atom stereocenters. The number of rotatable bonds is 3. The van der Waals surface area contributed by atoms with Crippen molar-refractivity contribution in [3.63, 3.8) is 0 Å². The molecule has 112 valence electrons. The summed E-state index contributed by atoms with van der Waals surface area (Å²) < 4.78 is 5.59. The normalized spacial score (nSPS) is 9.45. The predicted molar refractivity (Wildman–Crippen MR) is 92.5 cm³/mol. The van der Waals surface area contributed by atoms with E-state index in [2.05, 4.69) is 0 Å². The van der Waals surface area contributed by atoms with Crippen LogP contribution in [0.4, 0.5) is 11.4 Å². The first kappa shape index (κ1) is 15.4. The van der Waals surface area contributed by atoms with E-state index in [1.54, 1.807) is 0 Å². The summed E-state index contributed by atoms with van der Waals surface area (Å²) in [6.07, 6.45) is 0. The summed E-state index contributed by atoms with van der Waals surface area (Å²) in [5.41, 5.74) is 13.7. The van der Waals surface area contributed by atoms with E-state index >= 15 is 0 Å². The Morgan fingerprint density at radius 3 is 1.59 bits per heavy atom. The summed E-state index contributed by atoms with van der Waals surface area (Å²) in [5.74, 6) is 0.841. The van der Waals surface area contributed by atoms with E-state index in [1.165, 1.54) is 0 Å². The van der Waals surface area contributed by atoms with Gasteiger partial charge in [0.15, 0.2) is 0 Å². The molecule has 3 nitrogen and oxygen atoms in total. The first-order valence-electron chi connectivity index (χ1n) is 7.07. The maximum Gasteiger partial charge on any atom is 0.119 e. The summed E-state index contributed by atoms with van der Waals surface area (Å²) in [6, 6.07) is 27.0. The van der Waals surface area contributed by atoms with Crippen molar-refractivity contribution in [2.24, 2.45) is 0 Å². The predicted octanol–water partition coefficient (Wildman–Crippen LogP) is 4.12. The third kappa shape index (κ3) is 5.59. The molecule has 0 bridgehead atoms. The molecule has 0 radical (unpaired) electrons. The number of para-hydroxylation sites is 1. The molecule has 0 unspecified atom stereocenters. The first-order valence-corrected chi connectivity index (χ1v) is 7.07. The Hall–Kier alpha value is -2.94. The van der Waals surface area contributed by atoms with Crippen LogP contribution < -0.4 is 16.2 Å². The molecule has 0 amide bonds. The molecule has 0 aromatic heterocycles. The minimum Gasteiger partial charge on any atom is -0.489 e. The van der Waals surface area contributed by atoms with Crippen molar-refractivity contribution in [3.8, 4) is 5.75 Å². The van der Waals surface area contributed by atoms with Crippen molar-refractivity contribution in [1.29, 1.82) is 0 Å². The summed E-state index contributed by atoms with van der Waals surface area (Å²) in [5, 5.41) is 0. The van der Waals surface area contributed by atoms with Crippen LogP contribution in [0.25, 0.3) is 0 Å². The lowest BCUT2D eigenvalue weighted by molar-refractivity contribution is 0.306. The number of nitrogen functional groups attached to an aromatic ring is 2. The van der Waals surface area contributed by atoms with Crippen molar-refractivity contribution >= 4 is 11.4 Å². The second-order valence-corrected chi connectivity index (χ2v) is 4.75. The monoisotopic (exact) mass is 292 g/mol. The summed E-state index contributed by atoms with van der Waals surface area (Å²) >= 11 is 0. The smallest absolute Gasteiger partial charge is 0.119 e. The van der Waals surface area contributed by atoms with Gasteiger partial charge in [0.25, 0.3) is 0 Å². The highest BCUT2D eigenvalue weighted by atomic mass is 16.5. The number of hydrogen-bond donors (Lipinski definition) is 2. The molecule has 4 N–H and O–H groups in total. The van der Waals surface area contributed by atoms with Crippen LogP contribution in [0, 0.1) is 0 Å². The van der Waals surface area contributed by atoms with Crippen molar-refractivity contribution < 1.29 is 4.74 Å². The Morgan fingerprint density at radius 1 is 0.591 bits per heavy atom. The van der Waals surface area contributed by atoms with Gasteiger partial charge in [-0.05, 0) is 42.0 Å². The van der Waals surface area contributed by atoms with Gasteiger partial charge in [0.2, 0.25) is 0 Å². The quantitative estimate of drug-likeness (QED) is 0.714. The van der Waals surface area contributed by atoms with Crippen molar-refractivity contribution in [3.05, 3.63) is 90.5 Å². The van der Waals surface area contributed by atoms with Gasteiger partial charge in [0.05, 0.1) is 0 Å². The number of benzene rings is 3. The average Bonchev–Trinajstić information content (AvgIpc) is 2.57. The largest absolute Gasteiger partial charge is 0.489 e. The summed E-state index contributed by atoms with van der Waals surface area (Å²) in [7, 11) is 0. The molecule has 0 aliphatic rings. The zero-order valence-electron chi connectivity index (χ0n) is 12.4. The van der Waals surface area contributed by atoms with Gasteiger partial charge >= 0.3 is 0 Å². The fourth-order valence-corrected chi connectivity index (χ4v) is 1.76. The van der Waals surface area contributed by atoms with E-state index in [0.717, 1.165) is 22.7 Å². The van der Waals surface area contributed by atoms with Gasteiger partial charge in [-0.3, -0.25) is 0 Å². The second-order valence-electron chi connectivity index (χ2n) is 4.75. The van der Waals surface area contributed by atoms with Gasteiger partial charge in [0, 0.05) is 11.4 Å². The Kier molecular flexibility index (Phi) is 5.88. The molecule has 0 saturated heterocycles. The molecule has 0 spiro atoms. The van der Waals surface area contributed by atoms with Gasteiger partial charge in [-0.25, -0.2) is 0 Å². The fraction of sp³-hybridized carbons (Fsp3) is 0.0526. The van der Waals surface area contributed by atoms with Crippen LogP contribution in [-0.4, -0.2) is 0 Å². The van der Waals surface area contributed by atoms with E-state index in [-0.39, 0.29) is 0 Å². The van der Waals surface area contributed by atoms with Crippen molar-refractivity contribution in [2.45, 2.75) is 6.61 Å². The van der Waals surface area contributed by atoms with Crippen LogP contribution in [0.15, 0.2) is 84.9 Å². The molecule has 0 heterocycles. The second kappa shape index (κ2) is 8.37. The first-order chi connectivity index (χ1) is 10.7. The van der Waals surface area contributed by atoms with E-state index in [0.29, 0.717) is 6.61 Å². The van der Waals surface area contributed by atoms with Gasteiger partial charge in [-0.15, -0.1) is 0 Å².